The third kappa shape index (κ3) is 4.68. The van der Waals surface area contributed by atoms with E-state index in [1.165, 1.54) is 16.7 Å². The van der Waals surface area contributed by atoms with Gasteiger partial charge in [0.2, 0.25) is 0 Å². The molecule has 1 saturated heterocycles. The van der Waals surface area contributed by atoms with Crippen molar-refractivity contribution in [1.29, 1.82) is 5.41 Å². The van der Waals surface area contributed by atoms with E-state index in [-0.39, 0.29) is 17.0 Å². The molecule has 4 nitrogen and oxygen atoms in total. The number of benzene rings is 2. The number of nitrogens with zero attached hydrogens (tertiary/aromatic N) is 2. The number of hydrogen-bond acceptors (Lipinski definition) is 5. The number of likely N-dealkylation sites (N-methyl/N-ethyl adjacent to an activating group) is 1. The Labute approximate surface area is 216 Å². The highest BCUT2D eigenvalue weighted by molar-refractivity contribution is 8.17. The van der Waals surface area contributed by atoms with Crippen LogP contribution >= 0.6 is 11.8 Å². The van der Waals surface area contributed by atoms with Crippen LogP contribution in [-0.2, 0) is 5.41 Å². The number of aryl methyl sites for hydroxylation is 1. The van der Waals surface area contributed by atoms with Gasteiger partial charge >= 0.3 is 0 Å². The van der Waals surface area contributed by atoms with Gasteiger partial charge in [-0.15, -0.1) is 0 Å². The van der Waals surface area contributed by atoms with E-state index >= 15 is 0 Å². The highest BCUT2D eigenvalue weighted by atomic mass is 32.2. The monoisotopic (exact) mass is 488 g/mol. The summed E-state index contributed by atoms with van der Waals surface area (Å²) in [6, 6.07) is 19.7. The van der Waals surface area contributed by atoms with Crippen LogP contribution < -0.4 is 5.32 Å². The van der Waals surface area contributed by atoms with Crippen molar-refractivity contribution in [2.24, 2.45) is 0 Å². The molecule has 186 valence electrons. The van der Waals surface area contributed by atoms with Gasteiger partial charge in [-0.3, -0.25) is 10.4 Å². The number of hydrazine groups is 1. The van der Waals surface area contributed by atoms with Crippen LogP contribution in [0.3, 0.4) is 0 Å². The number of rotatable bonds is 7. The molecule has 1 fully saturated rings. The van der Waals surface area contributed by atoms with Gasteiger partial charge in [0.1, 0.15) is 5.82 Å². The fourth-order valence-electron chi connectivity index (χ4n) is 5.82. The molecular formula is C30H40N4S. The fraction of sp³-hybridized carbons (Fsp3) is 0.433. The molecule has 2 aliphatic rings. The van der Waals surface area contributed by atoms with Crippen molar-refractivity contribution >= 4 is 16.8 Å². The molecule has 5 heteroatoms. The van der Waals surface area contributed by atoms with E-state index in [2.05, 4.69) is 118 Å². The quantitative estimate of drug-likeness (QED) is 0.320. The highest BCUT2D eigenvalue weighted by Gasteiger charge is 2.45. The summed E-state index contributed by atoms with van der Waals surface area (Å²) >= 11 is 1.54. The van der Waals surface area contributed by atoms with Gasteiger partial charge in [-0.2, -0.15) is 0 Å². The Morgan fingerprint density at radius 2 is 1.74 bits per heavy atom. The maximum Gasteiger partial charge on any atom is 0.124 e. The molecule has 0 radical (unpaired) electrons. The summed E-state index contributed by atoms with van der Waals surface area (Å²) in [4.78, 5) is 1.06. The minimum absolute atomic E-state index is 0.0575. The fourth-order valence-corrected chi connectivity index (χ4v) is 6.96. The third-order valence-corrected chi connectivity index (χ3v) is 8.95. The zero-order valence-corrected chi connectivity index (χ0v) is 22.9. The third-order valence-electron chi connectivity index (χ3n) is 7.86. The van der Waals surface area contributed by atoms with Crippen LogP contribution in [0.5, 0.6) is 0 Å². The molecule has 0 saturated carbocycles. The second-order valence-corrected chi connectivity index (χ2v) is 11.7. The summed E-state index contributed by atoms with van der Waals surface area (Å²) in [5, 5.41) is 18.2. The van der Waals surface area contributed by atoms with E-state index in [9.17, 15) is 5.41 Å². The molecule has 2 N–H and O–H groups in total. The van der Waals surface area contributed by atoms with E-state index < -0.39 is 0 Å². The largest absolute Gasteiger partial charge is 0.363 e. The van der Waals surface area contributed by atoms with Crippen LogP contribution in [0.1, 0.15) is 69.7 Å². The van der Waals surface area contributed by atoms with Gasteiger partial charge in [0.15, 0.2) is 0 Å². The first-order valence-corrected chi connectivity index (χ1v) is 13.5. The zero-order chi connectivity index (χ0) is 25.4. The molecule has 2 aromatic rings. The van der Waals surface area contributed by atoms with Gasteiger partial charge in [-0.25, -0.2) is 5.01 Å². The molecule has 1 unspecified atom stereocenters. The maximum absolute atomic E-state index is 9.21. The van der Waals surface area contributed by atoms with Crippen LogP contribution in [0.15, 0.2) is 77.5 Å². The molecule has 2 aliphatic heterocycles. The smallest absolute Gasteiger partial charge is 0.124 e. The van der Waals surface area contributed by atoms with Crippen LogP contribution in [0.2, 0.25) is 0 Å². The summed E-state index contributed by atoms with van der Waals surface area (Å²) < 4.78 is 0. The normalized spacial score (nSPS) is 19.9. The molecule has 0 spiro atoms. The Morgan fingerprint density at radius 3 is 2.34 bits per heavy atom. The Bertz CT molecular complexity index is 1110. The van der Waals surface area contributed by atoms with Crippen molar-refractivity contribution in [3.63, 3.8) is 0 Å². The van der Waals surface area contributed by atoms with Crippen molar-refractivity contribution in [2.45, 2.75) is 70.9 Å². The van der Waals surface area contributed by atoms with Crippen molar-refractivity contribution < 1.29 is 0 Å². The molecule has 1 atom stereocenters. The summed E-state index contributed by atoms with van der Waals surface area (Å²) in [6.07, 6.45) is 2.92. The van der Waals surface area contributed by atoms with Crippen LogP contribution in [0.4, 0.5) is 0 Å². The van der Waals surface area contributed by atoms with Crippen LogP contribution in [0, 0.1) is 12.3 Å². The first-order chi connectivity index (χ1) is 16.6. The average Bonchev–Trinajstić information content (AvgIpc) is 3.19. The SMILES string of the molecule is C=C(SC(=N)C1=C2NC(c3ccccc3)CC(C)(C)N2N(C)C1)C(CC)(CC)c1ccc(C)cc1. The zero-order valence-electron chi connectivity index (χ0n) is 22.1. The number of allylic oxidation sites excluding steroid dienone is 1. The first kappa shape index (κ1) is 25.6. The summed E-state index contributed by atoms with van der Waals surface area (Å²) in [6.45, 7) is 16.5. The molecule has 2 aromatic carbocycles. The topological polar surface area (TPSA) is 42.4 Å². The van der Waals surface area contributed by atoms with Crippen molar-refractivity contribution in [3.8, 4) is 0 Å². The van der Waals surface area contributed by atoms with E-state index in [0.29, 0.717) is 5.04 Å². The summed E-state index contributed by atoms with van der Waals surface area (Å²) in [5.74, 6) is 1.07. The lowest BCUT2D eigenvalue weighted by atomic mass is 9.75. The molecule has 4 rings (SSSR count). The molecule has 0 aliphatic carbocycles. The van der Waals surface area contributed by atoms with Crippen LogP contribution in [0.25, 0.3) is 0 Å². The van der Waals surface area contributed by atoms with Crippen molar-refractivity contribution in [1.82, 2.24) is 15.3 Å². The number of fused-ring (bicyclic) bond motifs is 1. The summed E-state index contributed by atoms with van der Waals surface area (Å²) in [5.41, 5.74) is 4.70. The Kier molecular flexibility index (Phi) is 7.21. The van der Waals surface area contributed by atoms with Crippen molar-refractivity contribution in [2.75, 3.05) is 13.6 Å². The van der Waals surface area contributed by atoms with Crippen LogP contribution in [-0.4, -0.2) is 34.2 Å². The standard InChI is InChI=1S/C30H40N4S/c1-8-30(9-2,24-17-15-21(3)16-18-24)22(4)35-27(31)25-20-33(7)34-28(25)32-26(19-29(34,5)6)23-13-11-10-12-14-23/h10-18,26,31-32H,4,8-9,19-20H2,1-3,5-7H3. The minimum atomic E-state index is -0.147. The lowest BCUT2D eigenvalue weighted by Gasteiger charge is -2.49. The Morgan fingerprint density at radius 1 is 1.11 bits per heavy atom. The van der Waals surface area contributed by atoms with Gasteiger partial charge in [-0.05, 0) is 56.1 Å². The van der Waals surface area contributed by atoms with Gasteiger partial charge < -0.3 is 5.32 Å². The van der Waals surface area contributed by atoms with Crippen molar-refractivity contribution in [3.05, 3.63) is 94.2 Å². The molecule has 2 heterocycles. The lowest BCUT2D eigenvalue weighted by Crippen LogP contribution is -2.57. The Balaban J connectivity index is 1.64. The number of hydrogen-bond donors (Lipinski definition) is 2. The van der Waals surface area contributed by atoms with E-state index in [1.54, 1.807) is 11.8 Å². The van der Waals surface area contributed by atoms with Gasteiger partial charge in [0.25, 0.3) is 0 Å². The molecule has 35 heavy (non-hydrogen) atoms. The lowest BCUT2D eigenvalue weighted by molar-refractivity contribution is -0.0557. The predicted molar refractivity (Wildman–Crippen MR) is 150 cm³/mol. The van der Waals surface area contributed by atoms with Gasteiger partial charge in [0.05, 0.1) is 16.6 Å². The van der Waals surface area contributed by atoms with E-state index in [0.717, 1.165) is 42.1 Å². The maximum atomic E-state index is 9.21. The Hall–Kier alpha value is -2.50. The molecule has 0 amide bonds. The molecule has 0 aromatic heterocycles. The minimum Gasteiger partial charge on any atom is -0.363 e. The average molecular weight is 489 g/mol. The number of nitrogens with one attached hydrogen (secondary N) is 2. The molecular weight excluding hydrogens is 448 g/mol. The highest BCUT2D eigenvalue weighted by Crippen LogP contribution is 2.46. The summed E-state index contributed by atoms with van der Waals surface area (Å²) in [7, 11) is 2.13. The second-order valence-electron chi connectivity index (χ2n) is 10.6. The molecule has 0 bridgehead atoms. The first-order valence-electron chi connectivity index (χ1n) is 12.7. The predicted octanol–water partition coefficient (Wildman–Crippen LogP) is 7.16. The van der Waals surface area contributed by atoms with E-state index in [4.69, 9.17) is 0 Å². The van der Waals surface area contributed by atoms with Gasteiger partial charge in [-0.1, -0.05) is 92.3 Å². The van der Waals surface area contributed by atoms with Gasteiger partial charge in [0, 0.05) is 24.6 Å². The second kappa shape index (κ2) is 9.87. The number of thioether (sulfide) groups is 1. The van der Waals surface area contributed by atoms with E-state index in [1.807, 2.05) is 0 Å².